The molecule has 0 radical (unpaired) electrons. The van der Waals surface area contributed by atoms with Gasteiger partial charge in [0, 0.05) is 4.88 Å². The maximum Gasteiger partial charge on any atom is 0.375 e. The molecule has 1 atom stereocenters. The molecule has 0 aliphatic carbocycles. The number of benzene rings is 1. The third-order valence-electron chi connectivity index (χ3n) is 3.98. The average molecular weight is 412 g/mol. The topological polar surface area (TPSA) is 81.4 Å². The van der Waals surface area contributed by atoms with E-state index in [0.717, 1.165) is 15.1 Å². The van der Waals surface area contributed by atoms with E-state index < -0.39 is 12.1 Å². The van der Waals surface area contributed by atoms with Crippen LogP contribution in [0.3, 0.4) is 0 Å². The summed E-state index contributed by atoms with van der Waals surface area (Å²) < 4.78 is 11.9. The monoisotopic (exact) mass is 412 g/mol. The number of nitrogens with zero attached hydrogens (tertiary/aromatic N) is 1. The molecule has 0 unspecified atom stereocenters. The maximum atomic E-state index is 12.3. The Bertz CT molecular complexity index is 1080. The first-order valence-electron chi connectivity index (χ1n) is 8.57. The first kappa shape index (κ1) is 18.4. The number of ether oxygens (including phenoxy) is 1. The van der Waals surface area contributed by atoms with E-state index in [1.54, 1.807) is 17.4 Å². The predicted molar refractivity (Wildman–Crippen MR) is 108 cm³/mol. The number of carbonyl (C=O) groups excluding carboxylic acids is 2. The molecule has 0 saturated carbocycles. The van der Waals surface area contributed by atoms with Crippen LogP contribution >= 0.6 is 22.7 Å². The second-order valence-corrected chi connectivity index (χ2v) is 8.06. The highest BCUT2D eigenvalue weighted by Gasteiger charge is 2.22. The van der Waals surface area contributed by atoms with Crippen LogP contribution in [0.15, 0.2) is 58.3 Å². The van der Waals surface area contributed by atoms with Crippen LogP contribution in [0.1, 0.15) is 22.4 Å². The average Bonchev–Trinajstić information content (AvgIpc) is 3.45. The van der Waals surface area contributed by atoms with Crippen molar-refractivity contribution >= 4 is 44.8 Å². The molecule has 0 fully saturated rings. The lowest BCUT2D eigenvalue weighted by atomic mass is 10.3. The van der Waals surface area contributed by atoms with Gasteiger partial charge in [-0.2, -0.15) is 0 Å². The minimum Gasteiger partial charge on any atom is -0.447 e. The summed E-state index contributed by atoms with van der Waals surface area (Å²) in [6.45, 7) is 1.93. The maximum absolute atomic E-state index is 12.3. The number of hydrogen-bond acceptors (Lipinski definition) is 7. The van der Waals surface area contributed by atoms with Crippen LogP contribution in [-0.2, 0) is 16.1 Å². The fraction of sp³-hybridized carbons (Fsp3) is 0.150. The third kappa shape index (κ3) is 3.97. The van der Waals surface area contributed by atoms with Gasteiger partial charge >= 0.3 is 5.97 Å². The first-order valence-corrected chi connectivity index (χ1v) is 10.3. The van der Waals surface area contributed by atoms with E-state index in [2.05, 4.69) is 10.3 Å². The van der Waals surface area contributed by atoms with Gasteiger partial charge in [0.05, 0.1) is 16.8 Å². The molecule has 6 nitrogen and oxygen atoms in total. The van der Waals surface area contributed by atoms with Gasteiger partial charge in [0.25, 0.3) is 5.91 Å². The lowest BCUT2D eigenvalue weighted by Crippen LogP contribution is -2.35. The molecule has 1 amide bonds. The van der Waals surface area contributed by atoms with Crippen LogP contribution in [0.5, 0.6) is 0 Å². The number of fused-ring (bicyclic) bond motifs is 1. The lowest BCUT2D eigenvalue weighted by molar-refractivity contribution is -0.129. The Hall–Kier alpha value is -2.97. The number of thiophene rings is 1. The summed E-state index contributed by atoms with van der Waals surface area (Å²) in [5, 5.41) is 5.36. The second-order valence-electron chi connectivity index (χ2n) is 6.00. The summed E-state index contributed by atoms with van der Waals surface area (Å²) in [6, 6.07) is 14.8. The highest BCUT2D eigenvalue weighted by atomic mass is 32.1. The van der Waals surface area contributed by atoms with Gasteiger partial charge in [-0.05, 0) is 42.6 Å². The van der Waals surface area contributed by atoms with Crippen LogP contribution in [0.2, 0.25) is 0 Å². The van der Waals surface area contributed by atoms with Crippen LogP contribution in [0, 0.1) is 0 Å². The van der Waals surface area contributed by atoms with Crippen molar-refractivity contribution in [3.8, 4) is 10.8 Å². The lowest BCUT2D eigenvalue weighted by Gasteiger charge is -2.12. The van der Waals surface area contributed by atoms with Gasteiger partial charge in [-0.1, -0.05) is 18.2 Å². The zero-order chi connectivity index (χ0) is 19.5. The number of furan rings is 1. The van der Waals surface area contributed by atoms with E-state index in [-0.39, 0.29) is 11.7 Å². The first-order chi connectivity index (χ1) is 13.6. The predicted octanol–water partition coefficient (Wildman–Crippen LogP) is 4.48. The summed E-state index contributed by atoms with van der Waals surface area (Å²) >= 11 is 3.03. The molecule has 1 aromatic carbocycles. The van der Waals surface area contributed by atoms with E-state index in [0.29, 0.717) is 17.3 Å². The summed E-state index contributed by atoms with van der Waals surface area (Å²) in [5.41, 5.74) is 0.874. The highest BCUT2D eigenvalue weighted by molar-refractivity contribution is 7.21. The van der Waals surface area contributed by atoms with Crippen molar-refractivity contribution in [3.05, 3.63) is 64.5 Å². The van der Waals surface area contributed by atoms with E-state index in [1.807, 2.05) is 41.8 Å². The van der Waals surface area contributed by atoms with Crippen molar-refractivity contribution in [2.75, 3.05) is 0 Å². The highest BCUT2D eigenvalue weighted by Crippen LogP contribution is 2.31. The number of para-hydroxylation sites is 1. The van der Waals surface area contributed by atoms with Crippen LogP contribution in [-0.4, -0.2) is 23.0 Å². The zero-order valence-corrected chi connectivity index (χ0v) is 16.5. The minimum absolute atomic E-state index is 0.0344. The minimum atomic E-state index is -0.927. The van der Waals surface area contributed by atoms with E-state index in [9.17, 15) is 9.59 Å². The molecule has 4 aromatic rings. The van der Waals surface area contributed by atoms with Crippen LogP contribution in [0.4, 0.5) is 0 Å². The van der Waals surface area contributed by atoms with Crippen molar-refractivity contribution in [3.63, 3.8) is 0 Å². The van der Waals surface area contributed by atoms with Crippen molar-refractivity contribution in [1.29, 1.82) is 0 Å². The fourth-order valence-corrected chi connectivity index (χ4v) is 4.12. The van der Waals surface area contributed by atoms with E-state index in [1.165, 1.54) is 24.3 Å². The molecule has 0 bridgehead atoms. The molecule has 3 aromatic heterocycles. The number of esters is 1. The summed E-state index contributed by atoms with van der Waals surface area (Å²) in [7, 11) is 0. The Morgan fingerprint density at radius 2 is 2.04 bits per heavy atom. The van der Waals surface area contributed by atoms with E-state index in [4.69, 9.17) is 9.15 Å². The second kappa shape index (κ2) is 7.95. The molecular weight excluding hydrogens is 396 g/mol. The number of nitrogens with one attached hydrogen (secondary N) is 1. The van der Waals surface area contributed by atoms with Gasteiger partial charge in [-0.25, -0.2) is 9.78 Å². The quantitative estimate of drug-likeness (QED) is 0.472. The number of carbonyl (C=O) groups is 2. The van der Waals surface area contributed by atoms with Crippen molar-refractivity contribution < 1.29 is 18.7 Å². The number of rotatable bonds is 6. The van der Waals surface area contributed by atoms with Gasteiger partial charge in [0.2, 0.25) is 5.76 Å². The molecule has 0 aliphatic heterocycles. The smallest absolute Gasteiger partial charge is 0.375 e. The van der Waals surface area contributed by atoms with Crippen LogP contribution in [0.25, 0.3) is 21.0 Å². The Kier molecular flexibility index (Phi) is 5.23. The van der Waals surface area contributed by atoms with Crippen molar-refractivity contribution in [1.82, 2.24) is 10.3 Å². The SMILES string of the molecule is C[C@@H](OC(=O)c1ccc(-c2nc3ccccc3s2)o1)C(=O)NCc1cccs1. The molecule has 3 heterocycles. The van der Waals surface area contributed by atoms with Crippen LogP contribution < -0.4 is 5.32 Å². The molecule has 142 valence electrons. The molecule has 1 N–H and O–H groups in total. The van der Waals surface area contributed by atoms with Gasteiger partial charge in [-0.3, -0.25) is 4.79 Å². The fourth-order valence-electron chi connectivity index (χ4n) is 2.54. The molecule has 8 heteroatoms. The molecule has 0 spiro atoms. The van der Waals surface area contributed by atoms with Gasteiger partial charge < -0.3 is 14.5 Å². The Morgan fingerprint density at radius 3 is 2.82 bits per heavy atom. The van der Waals surface area contributed by atoms with Crippen molar-refractivity contribution in [2.24, 2.45) is 0 Å². The molecule has 0 saturated heterocycles. The largest absolute Gasteiger partial charge is 0.447 e. The zero-order valence-electron chi connectivity index (χ0n) is 14.9. The standard InChI is InChI=1S/C20H16N2O4S2/c1-12(18(23)21-11-13-5-4-10-27-13)25-20(24)16-9-8-15(26-16)19-22-14-6-2-3-7-17(14)28-19/h2-10,12H,11H2,1H3,(H,21,23)/t12-/m1/s1. The summed E-state index contributed by atoms with van der Waals surface area (Å²) in [5.74, 6) is -0.527. The third-order valence-corrected chi connectivity index (χ3v) is 5.91. The Balaban J connectivity index is 1.39. The summed E-state index contributed by atoms with van der Waals surface area (Å²) in [6.07, 6.45) is -0.927. The number of aromatic nitrogens is 1. The summed E-state index contributed by atoms with van der Waals surface area (Å²) in [4.78, 5) is 29.9. The Labute approximate surface area is 168 Å². The number of thiazole rings is 1. The number of hydrogen-bond donors (Lipinski definition) is 1. The molecule has 0 aliphatic rings. The molecular formula is C20H16N2O4S2. The van der Waals surface area contributed by atoms with E-state index >= 15 is 0 Å². The van der Waals surface area contributed by atoms with Gasteiger partial charge in [0.15, 0.2) is 16.9 Å². The number of amides is 1. The Morgan fingerprint density at radius 1 is 1.18 bits per heavy atom. The van der Waals surface area contributed by atoms with Gasteiger partial charge in [-0.15, -0.1) is 22.7 Å². The molecule has 4 rings (SSSR count). The molecule has 28 heavy (non-hydrogen) atoms. The normalized spacial score (nSPS) is 12.0. The van der Waals surface area contributed by atoms with Gasteiger partial charge in [0.1, 0.15) is 0 Å². The van der Waals surface area contributed by atoms with Crippen molar-refractivity contribution in [2.45, 2.75) is 19.6 Å².